The van der Waals surface area contributed by atoms with Gasteiger partial charge in [0.25, 0.3) is 5.91 Å². The van der Waals surface area contributed by atoms with E-state index in [-0.39, 0.29) is 11.8 Å². The summed E-state index contributed by atoms with van der Waals surface area (Å²) in [5.74, 6) is -0.0174. The summed E-state index contributed by atoms with van der Waals surface area (Å²) in [7, 11) is 1.58. The lowest BCUT2D eigenvalue weighted by Gasteiger charge is -2.34. The van der Waals surface area contributed by atoms with Crippen LogP contribution in [-0.2, 0) is 14.3 Å². The average Bonchev–Trinajstić information content (AvgIpc) is 2.87. The van der Waals surface area contributed by atoms with E-state index in [9.17, 15) is 14.4 Å². The number of hydrogen-bond donors (Lipinski definition) is 2. The lowest BCUT2D eigenvalue weighted by molar-refractivity contribution is -0.140. The maximum atomic E-state index is 13.8. The zero-order chi connectivity index (χ0) is 29.0. The first-order valence-corrected chi connectivity index (χ1v) is 13.8. The minimum Gasteiger partial charge on any atom is -0.497 e. The Hall–Kier alpha value is -3.55. The second kappa shape index (κ2) is 15.1. The van der Waals surface area contributed by atoms with E-state index >= 15 is 0 Å². The highest BCUT2D eigenvalue weighted by molar-refractivity contribution is 5.99. The van der Waals surface area contributed by atoms with Crippen molar-refractivity contribution >= 4 is 23.6 Å². The van der Waals surface area contributed by atoms with Crippen molar-refractivity contribution in [1.82, 2.24) is 10.2 Å². The Morgan fingerprint density at radius 2 is 1.54 bits per heavy atom. The number of methoxy groups -OCH3 is 1. The minimum absolute atomic E-state index is 0.338. The van der Waals surface area contributed by atoms with Gasteiger partial charge in [0.15, 0.2) is 0 Å². The van der Waals surface area contributed by atoms with E-state index in [1.807, 2.05) is 31.2 Å². The van der Waals surface area contributed by atoms with Crippen LogP contribution < -0.4 is 15.4 Å². The van der Waals surface area contributed by atoms with Crippen molar-refractivity contribution in [1.29, 1.82) is 0 Å². The second-order valence-electron chi connectivity index (χ2n) is 10.8. The number of amides is 3. The van der Waals surface area contributed by atoms with Crippen LogP contribution >= 0.6 is 0 Å². The van der Waals surface area contributed by atoms with Gasteiger partial charge in [0.05, 0.1) is 7.11 Å². The first kappa shape index (κ1) is 31.7. The molecule has 8 heteroatoms. The smallest absolute Gasteiger partial charge is 0.408 e. The number of benzene rings is 2. The van der Waals surface area contributed by atoms with E-state index in [2.05, 4.69) is 17.6 Å². The molecule has 214 valence electrons. The molecule has 2 unspecified atom stereocenters. The van der Waals surface area contributed by atoms with Gasteiger partial charge >= 0.3 is 6.09 Å². The van der Waals surface area contributed by atoms with Crippen molar-refractivity contribution in [2.45, 2.75) is 91.3 Å². The lowest BCUT2D eigenvalue weighted by Crippen LogP contribution is -2.51. The topological polar surface area (TPSA) is 97.0 Å². The molecule has 2 aromatic rings. The molecule has 0 aliphatic heterocycles. The zero-order valence-electron chi connectivity index (χ0n) is 24.5. The Balaban J connectivity index is 2.39. The van der Waals surface area contributed by atoms with E-state index in [0.717, 1.165) is 37.7 Å². The van der Waals surface area contributed by atoms with E-state index < -0.39 is 23.8 Å². The van der Waals surface area contributed by atoms with Crippen molar-refractivity contribution in [2.24, 2.45) is 0 Å². The number of aryl methyl sites for hydroxylation is 1. The fourth-order valence-electron chi connectivity index (χ4n) is 4.15. The van der Waals surface area contributed by atoms with Crippen LogP contribution in [0.3, 0.4) is 0 Å². The summed E-state index contributed by atoms with van der Waals surface area (Å²) in [4.78, 5) is 41.7. The Labute approximate surface area is 233 Å². The van der Waals surface area contributed by atoms with Crippen LogP contribution in [0.1, 0.15) is 83.9 Å². The van der Waals surface area contributed by atoms with Gasteiger partial charge in [-0.3, -0.25) is 9.59 Å². The van der Waals surface area contributed by atoms with Gasteiger partial charge in [-0.1, -0.05) is 62.4 Å². The van der Waals surface area contributed by atoms with Crippen LogP contribution in [-0.4, -0.2) is 48.1 Å². The molecule has 0 fully saturated rings. The van der Waals surface area contributed by atoms with E-state index in [0.29, 0.717) is 23.5 Å². The number of ether oxygens (including phenoxy) is 2. The van der Waals surface area contributed by atoms with Gasteiger partial charge in [-0.05, 0) is 70.9 Å². The van der Waals surface area contributed by atoms with E-state index in [1.54, 1.807) is 64.0 Å². The highest BCUT2D eigenvalue weighted by Crippen LogP contribution is 2.26. The van der Waals surface area contributed by atoms with Crippen LogP contribution in [0.5, 0.6) is 5.75 Å². The average molecular weight is 540 g/mol. The molecule has 2 aromatic carbocycles. The van der Waals surface area contributed by atoms with Gasteiger partial charge in [-0.15, -0.1) is 0 Å². The SMILES string of the molecule is CCCCCCCN(C(=O)C(C)NC(=O)OC(C)(C)C)C(C(=O)Nc1ccc(OC)cc1)c1ccc(C)cc1. The second-order valence-corrected chi connectivity index (χ2v) is 10.8. The fraction of sp³-hybridized carbons (Fsp3) is 0.516. The number of carbonyl (C=O) groups is 3. The standard InChI is InChI=1S/C31H45N3O5/c1-8-9-10-11-12-21-34(29(36)23(3)32-30(37)39-31(4,5)6)27(24-15-13-22(2)14-16-24)28(35)33-25-17-19-26(38-7)20-18-25/h13-20,23,27H,8-12,21H2,1-7H3,(H,32,37)(H,33,35). The normalized spacial score (nSPS) is 12.7. The summed E-state index contributed by atoms with van der Waals surface area (Å²) in [6.07, 6.45) is 4.27. The highest BCUT2D eigenvalue weighted by atomic mass is 16.6. The van der Waals surface area contributed by atoms with Crippen molar-refractivity contribution in [3.8, 4) is 5.75 Å². The molecule has 0 saturated carbocycles. The summed E-state index contributed by atoms with van der Waals surface area (Å²) in [5.41, 5.74) is 1.63. The molecule has 0 radical (unpaired) electrons. The third-order valence-electron chi connectivity index (χ3n) is 6.20. The molecule has 0 aliphatic rings. The van der Waals surface area contributed by atoms with Gasteiger partial charge in [-0.2, -0.15) is 0 Å². The molecule has 0 saturated heterocycles. The number of nitrogens with one attached hydrogen (secondary N) is 2. The summed E-state index contributed by atoms with van der Waals surface area (Å²) in [5, 5.41) is 5.61. The van der Waals surface area contributed by atoms with Crippen LogP contribution in [0, 0.1) is 6.92 Å². The number of alkyl carbamates (subject to hydrolysis) is 1. The molecule has 2 rings (SSSR count). The summed E-state index contributed by atoms with van der Waals surface area (Å²) < 4.78 is 10.6. The Bertz CT molecular complexity index is 1060. The Morgan fingerprint density at radius 1 is 0.923 bits per heavy atom. The third kappa shape index (κ3) is 10.6. The van der Waals surface area contributed by atoms with E-state index in [1.165, 1.54) is 0 Å². The molecule has 2 N–H and O–H groups in total. The first-order valence-electron chi connectivity index (χ1n) is 13.8. The van der Waals surface area contributed by atoms with Gasteiger partial charge < -0.3 is 25.0 Å². The fourth-order valence-corrected chi connectivity index (χ4v) is 4.15. The molecular formula is C31H45N3O5. The van der Waals surface area contributed by atoms with Crippen LogP contribution in [0.15, 0.2) is 48.5 Å². The lowest BCUT2D eigenvalue weighted by atomic mass is 10.0. The number of nitrogens with zero attached hydrogens (tertiary/aromatic N) is 1. The molecule has 39 heavy (non-hydrogen) atoms. The van der Waals surface area contributed by atoms with Gasteiger partial charge in [0.2, 0.25) is 5.91 Å². The number of rotatable bonds is 13. The maximum absolute atomic E-state index is 13.8. The van der Waals surface area contributed by atoms with Crippen molar-refractivity contribution in [2.75, 3.05) is 19.0 Å². The number of unbranched alkanes of at least 4 members (excludes halogenated alkanes) is 4. The first-order chi connectivity index (χ1) is 18.4. The van der Waals surface area contributed by atoms with Crippen molar-refractivity contribution < 1.29 is 23.9 Å². The Morgan fingerprint density at radius 3 is 2.10 bits per heavy atom. The van der Waals surface area contributed by atoms with Crippen molar-refractivity contribution in [3.63, 3.8) is 0 Å². The zero-order valence-corrected chi connectivity index (χ0v) is 24.5. The van der Waals surface area contributed by atoms with E-state index in [4.69, 9.17) is 9.47 Å². The van der Waals surface area contributed by atoms with Gasteiger partial charge in [0.1, 0.15) is 23.4 Å². The predicted octanol–water partition coefficient (Wildman–Crippen LogP) is 6.40. The predicted molar refractivity (Wildman–Crippen MR) is 155 cm³/mol. The summed E-state index contributed by atoms with van der Waals surface area (Å²) >= 11 is 0. The molecular weight excluding hydrogens is 494 g/mol. The number of anilines is 1. The number of hydrogen-bond acceptors (Lipinski definition) is 5. The molecule has 0 aromatic heterocycles. The maximum Gasteiger partial charge on any atom is 0.408 e. The third-order valence-corrected chi connectivity index (χ3v) is 6.20. The minimum atomic E-state index is -0.894. The summed E-state index contributed by atoms with van der Waals surface area (Å²) in [6.45, 7) is 11.4. The molecule has 3 amide bonds. The van der Waals surface area contributed by atoms with Gasteiger partial charge in [-0.25, -0.2) is 4.79 Å². The van der Waals surface area contributed by atoms with Crippen LogP contribution in [0.2, 0.25) is 0 Å². The molecule has 0 aliphatic carbocycles. The molecule has 0 bridgehead atoms. The highest BCUT2D eigenvalue weighted by Gasteiger charge is 2.34. The van der Waals surface area contributed by atoms with Crippen LogP contribution in [0.25, 0.3) is 0 Å². The molecule has 8 nitrogen and oxygen atoms in total. The van der Waals surface area contributed by atoms with Crippen molar-refractivity contribution in [3.05, 3.63) is 59.7 Å². The quantitative estimate of drug-likeness (QED) is 0.287. The largest absolute Gasteiger partial charge is 0.497 e. The molecule has 0 spiro atoms. The Kier molecular flexibility index (Phi) is 12.3. The van der Waals surface area contributed by atoms with Gasteiger partial charge in [0, 0.05) is 12.2 Å². The molecule has 2 atom stereocenters. The summed E-state index contributed by atoms with van der Waals surface area (Å²) in [6, 6.07) is 12.9. The number of carbonyl (C=O) groups excluding carboxylic acids is 3. The van der Waals surface area contributed by atoms with Crippen LogP contribution in [0.4, 0.5) is 10.5 Å². The monoisotopic (exact) mass is 539 g/mol. The molecule has 0 heterocycles.